The molecule has 0 aliphatic heterocycles. The number of amides is 1. The Balaban J connectivity index is 1.33. The maximum absolute atomic E-state index is 12.5. The molecule has 1 heterocycles. The Morgan fingerprint density at radius 3 is 2.55 bits per heavy atom. The van der Waals surface area contributed by atoms with E-state index in [-0.39, 0.29) is 11.3 Å². The number of carbonyl (C=O) groups is 1. The SMILES string of the molecule is O=C(CCc1ncc(-c2ccccc2Cl)o1)NCC1(c2ccccc2)CCCC1. The van der Waals surface area contributed by atoms with Crippen molar-refractivity contribution in [2.24, 2.45) is 0 Å². The molecule has 0 spiro atoms. The fraction of sp³-hybridized carbons (Fsp3) is 0.333. The van der Waals surface area contributed by atoms with Gasteiger partial charge in [-0.3, -0.25) is 4.79 Å². The zero-order chi connectivity index (χ0) is 20.1. The molecule has 1 saturated carbocycles. The molecular weight excluding hydrogens is 384 g/mol. The highest BCUT2D eigenvalue weighted by atomic mass is 35.5. The summed E-state index contributed by atoms with van der Waals surface area (Å²) in [4.78, 5) is 16.8. The lowest BCUT2D eigenvalue weighted by Crippen LogP contribution is -2.39. The van der Waals surface area contributed by atoms with Crippen LogP contribution in [0.5, 0.6) is 0 Å². The summed E-state index contributed by atoms with van der Waals surface area (Å²) in [6.07, 6.45) is 7.16. The maximum Gasteiger partial charge on any atom is 0.220 e. The van der Waals surface area contributed by atoms with Gasteiger partial charge in [-0.1, -0.05) is 66.9 Å². The summed E-state index contributed by atoms with van der Waals surface area (Å²) in [5, 5.41) is 3.77. The fourth-order valence-corrected chi connectivity index (χ4v) is 4.43. The van der Waals surface area contributed by atoms with Crippen molar-refractivity contribution in [1.82, 2.24) is 10.3 Å². The summed E-state index contributed by atoms with van der Waals surface area (Å²) < 4.78 is 5.79. The van der Waals surface area contributed by atoms with E-state index in [0.717, 1.165) is 18.4 Å². The Bertz CT molecular complexity index is 962. The highest BCUT2D eigenvalue weighted by Crippen LogP contribution is 2.40. The summed E-state index contributed by atoms with van der Waals surface area (Å²) >= 11 is 6.21. The number of halogens is 1. The first kappa shape index (κ1) is 19.7. The second kappa shape index (κ2) is 8.83. The fourth-order valence-electron chi connectivity index (χ4n) is 4.20. The van der Waals surface area contributed by atoms with E-state index in [9.17, 15) is 4.79 Å². The van der Waals surface area contributed by atoms with Gasteiger partial charge in [-0.25, -0.2) is 4.98 Å². The average molecular weight is 409 g/mol. The lowest BCUT2D eigenvalue weighted by atomic mass is 9.79. The quantitative estimate of drug-likeness (QED) is 0.557. The Morgan fingerprint density at radius 2 is 1.79 bits per heavy atom. The smallest absolute Gasteiger partial charge is 0.220 e. The molecule has 0 atom stereocenters. The molecule has 0 unspecified atom stereocenters. The molecule has 0 saturated heterocycles. The molecule has 150 valence electrons. The molecule has 3 aromatic rings. The number of carbonyl (C=O) groups excluding carboxylic acids is 1. The average Bonchev–Trinajstić information content (AvgIpc) is 3.42. The van der Waals surface area contributed by atoms with E-state index in [4.69, 9.17) is 16.0 Å². The van der Waals surface area contributed by atoms with Gasteiger partial charge in [0.05, 0.1) is 11.2 Å². The molecule has 1 aliphatic carbocycles. The second-order valence-corrected chi connectivity index (χ2v) is 8.14. The Morgan fingerprint density at radius 1 is 1.07 bits per heavy atom. The molecule has 1 fully saturated rings. The van der Waals surface area contributed by atoms with E-state index < -0.39 is 0 Å². The molecule has 0 bridgehead atoms. The van der Waals surface area contributed by atoms with Crippen molar-refractivity contribution < 1.29 is 9.21 Å². The molecule has 5 heteroatoms. The third-order valence-electron chi connectivity index (χ3n) is 5.83. The minimum atomic E-state index is 0.0321. The van der Waals surface area contributed by atoms with Gasteiger partial charge in [0.1, 0.15) is 0 Å². The third kappa shape index (κ3) is 4.54. The van der Waals surface area contributed by atoms with Crippen LogP contribution in [0.25, 0.3) is 11.3 Å². The highest BCUT2D eigenvalue weighted by Gasteiger charge is 2.35. The maximum atomic E-state index is 12.5. The lowest BCUT2D eigenvalue weighted by molar-refractivity contribution is -0.121. The minimum Gasteiger partial charge on any atom is -0.441 e. The van der Waals surface area contributed by atoms with E-state index in [1.54, 1.807) is 6.20 Å². The van der Waals surface area contributed by atoms with Crippen molar-refractivity contribution in [3.8, 4) is 11.3 Å². The first-order valence-electron chi connectivity index (χ1n) is 10.2. The van der Waals surface area contributed by atoms with E-state index in [0.29, 0.717) is 36.1 Å². The van der Waals surface area contributed by atoms with Crippen molar-refractivity contribution in [2.75, 3.05) is 6.54 Å². The number of aryl methyl sites for hydroxylation is 1. The third-order valence-corrected chi connectivity index (χ3v) is 6.16. The second-order valence-electron chi connectivity index (χ2n) is 7.73. The number of aromatic nitrogens is 1. The number of nitrogens with zero attached hydrogens (tertiary/aromatic N) is 1. The van der Waals surface area contributed by atoms with Crippen molar-refractivity contribution >= 4 is 17.5 Å². The van der Waals surface area contributed by atoms with Crippen LogP contribution in [0, 0.1) is 0 Å². The predicted octanol–water partition coefficient (Wildman–Crippen LogP) is 5.56. The number of hydrogen-bond donors (Lipinski definition) is 1. The van der Waals surface area contributed by atoms with E-state index in [1.165, 1.54) is 18.4 Å². The van der Waals surface area contributed by atoms with Crippen LogP contribution in [0.15, 0.2) is 65.2 Å². The number of benzene rings is 2. The monoisotopic (exact) mass is 408 g/mol. The topological polar surface area (TPSA) is 55.1 Å². The highest BCUT2D eigenvalue weighted by molar-refractivity contribution is 6.33. The molecule has 1 N–H and O–H groups in total. The number of nitrogens with one attached hydrogen (secondary N) is 1. The van der Waals surface area contributed by atoms with Crippen molar-refractivity contribution in [3.05, 3.63) is 77.3 Å². The lowest BCUT2D eigenvalue weighted by Gasteiger charge is -2.30. The van der Waals surface area contributed by atoms with E-state index >= 15 is 0 Å². The summed E-state index contributed by atoms with van der Waals surface area (Å²) in [5.74, 6) is 1.21. The van der Waals surface area contributed by atoms with Crippen LogP contribution in [0.2, 0.25) is 5.02 Å². The molecule has 4 rings (SSSR count). The molecule has 4 nitrogen and oxygen atoms in total. The molecule has 1 aliphatic rings. The molecule has 1 aromatic heterocycles. The Labute approximate surface area is 176 Å². The van der Waals surface area contributed by atoms with Crippen LogP contribution in [-0.4, -0.2) is 17.4 Å². The van der Waals surface area contributed by atoms with Gasteiger partial charge in [0.25, 0.3) is 0 Å². The van der Waals surface area contributed by atoms with Crippen LogP contribution in [0.4, 0.5) is 0 Å². The van der Waals surface area contributed by atoms with Gasteiger partial charge in [-0.05, 0) is 30.5 Å². The summed E-state index contributed by atoms with van der Waals surface area (Å²) in [5.41, 5.74) is 2.20. The van der Waals surface area contributed by atoms with Gasteiger partial charge in [0.15, 0.2) is 11.7 Å². The van der Waals surface area contributed by atoms with E-state index in [2.05, 4.69) is 34.6 Å². The predicted molar refractivity (Wildman–Crippen MR) is 115 cm³/mol. The van der Waals surface area contributed by atoms with Gasteiger partial charge < -0.3 is 9.73 Å². The first-order chi connectivity index (χ1) is 14.2. The van der Waals surface area contributed by atoms with Gasteiger partial charge in [0, 0.05) is 30.4 Å². The Kier molecular flexibility index (Phi) is 6.00. The standard InChI is InChI=1S/C24H25ClN2O2/c25-20-11-5-4-10-19(20)21-16-26-23(29-21)13-12-22(28)27-17-24(14-6-7-15-24)18-8-2-1-3-9-18/h1-5,8-11,16H,6-7,12-15,17H2,(H,27,28). The minimum absolute atomic E-state index is 0.0321. The molecule has 29 heavy (non-hydrogen) atoms. The van der Waals surface area contributed by atoms with Crippen LogP contribution in [-0.2, 0) is 16.6 Å². The van der Waals surface area contributed by atoms with Crippen molar-refractivity contribution in [1.29, 1.82) is 0 Å². The molecule has 1 amide bonds. The van der Waals surface area contributed by atoms with Crippen LogP contribution in [0.1, 0.15) is 43.6 Å². The van der Waals surface area contributed by atoms with Gasteiger partial charge in [-0.15, -0.1) is 0 Å². The van der Waals surface area contributed by atoms with Crippen molar-refractivity contribution in [2.45, 2.75) is 43.9 Å². The first-order valence-corrected chi connectivity index (χ1v) is 10.6. The molecule has 0 radical (unpaired) electrons. The van der Waals surface area contributed by atoms with Crippen molar-refractivity contribution in [3.63, 3.8) is 0 Å². The summed E-state index contributed by atoms with van der Waals surface area (Å²) in [7, 11) is 0. The van der Waals surface area contributed by atoms with Gasteiger partial charge in [-0.2, -0.15) is 0 Å². The zero-order valence-electron chi connectivity index (χ0n) is 16.4. The summed E-state index contributed by atoms with van der Waals surface area (Å²) in [6.45, 7) is 0.687. The summed E-state index contributed by atoms with van der Waals surface area (Å²) in [6, 6.07) is 18.1. The van der Waals surface area contributed by atoms with Gasteiger partial charge >= 0.3 is 0 Å². The zero-order valence-corrected chi connectivity index (χ0v) is 17.1. The Hall–Kier alpha value is -2.59. The molecule has 2 aromatic carbocycles. The van der Waals surface area contributed by atoms with Crippen LogP contribution in [0.3, 0.4) is 0 Å². The molecular formula is C24H25ClN2O2. The van der Waals surface area contributed by atoms with Crippen LogP contribution < -0.4 is 5.32 Å². The normalized spacial score (nSPS) is 15.3. The van der Waals surface area contributed by atoms with Gasteiger partial charge in [0.2, 0.25) is 5.91 Å². The van der Waals surface area contributed by atoms with Crippen LogP contribution >= 0.6 is 11.6 Å². The largest absolute Gasteiger partial charge is 0.441 e. The number of hydrogen-bond acceptors (Lipinski definition) is 3. The van der Waals surface area contributed by atoms with E-state index in [1.807, 2.05) is 30.3 Å². The number of rotatable bonds is 7. The number of oxazole rings is 1.